The Balaban J connectivity index is 2.02. The van der Waals surface area contributed by atoms with E-state index in [9.17, 15) is 4.79 Å². The van der Waals surface area contributed by atoms with Crippen LogP contribution in [0, 0.1) is 0 Å². The smallest absolute Gasteiger partial charge is 0.246 e. The molecule has 2 rings (SSSR count). The van der Waals surface area contributed by atoms with Crippen molar-refractivity contribution in [1.29, 1.82) is 0 Å². The van der Waals surface area contributed by atoms with Gasteiger partial charge >= 0.3 is 0 Å². The highest BCUT2D eigenvalue weighted by Gasteiger charge is 2.38. The summed E-state index contributed by atoms with van der Waals surface area (Å²) >= 11 is 2.09. The van der Waals surface area contributed by atoms with Crippen LogP contribution in [0.25, 0.3) is 0 Å². The van der Waals surface area contributed by atoms with E-state index in [4.69, 9.17) is 0 Å². The fourth-order valence-corrected chi connectivity index (χ4v) is 4.23. The Kier molecular flexibility index (Phi) is 3.39. The van der Waals surface area contributed by atoms with E-state index >= 15 is 0 Å². The fourth-order valence-electron chi connectivity index (χ4n) is 2.66. The zero-order chi connectivity index (χ0) is 10.7. The molecule has 1 amide bonds. The van der Waals surface area contributed by atoms with Crippen LogP contribution >= 0.6 is 11.8 Å². The molecule has 0 bridgehead atoms. The molecule has 0 atom stereocenters. The number of thioether (sulfide) groups is 1. The molecule has 2 nitrogen and oxygen atoms in total. The van der Waals surface area contributed by atoms with Crippen molar-refractivity contribution in [2.45, 2.75) is 36.9 Å². The molecular weight excluding hydrogens is 206 g/mol. The van der Waals surface area contributed by atoms with Gasteiger partial charge in [0.15, 0.2) is 0 Å². The predicted molar refractivity (Wildman–Crippen MR) is 65.1 cm³/mol. The number of hydrogen-bond donors (Lipinski definition) is 0. The molecule has 3 heteroatoms. The van der Waals surface area contributed by atoms with E-state index in [1.165, 1.54) is 38.2 Å². The molecule has 1 aliphatic carbocycles. The lowest BCUT2D eigenvalue weighted by Gasteiger charge is -2.44. The highest BCUT2D eigenvalue weighted by Crippen LogP contribution is 2.42. The molecule has 0 aromatic carbocycles. The molecule has 2 aliphatic rings. The molecule has 1 saturated heterocycles. The van der Waals surface area contributed by atoms with Crippen molar-refractivity contribution in [3.8, 4) is 0 Å². The molecule has 1 heterocycles. The first kappa shape index (κ1) is 11.1. The Morgan fingerprint density at radius 2 is 2.07 bits per heavy atom. The van der Waals surface area contributed by atoms with Crippen molar-refractivity contribution in [2.75, 3.05) is 18.8 Å². The summed E-state index contributed by atoms with van der Waals surface area (Å²) < 4.78 is 0.384. The average molecular weight is 225 g/mol. The Labute approximate surface area is 96.1 Å². The molecule has 1 saturated carbocycles. The summed E-state index contributed by atoms with van der Waals surface area (Å²) in [6.07, 6.45) is 8.08. The van der Waals surface area contributed by atoms with E-state index in [0.29, 0.717) is 4.75 Å². The number of carbonyl (C=O) groups excluding carboxylic acids is 1. The quantitative estimate of drug-likeness (QED) is 0.639. The molecule has 0 radical (unpaired) electrons. The van der Waals surface area contributed by atoms with E-state index in [1.54, 1.807) is 0 Å². The van der Waals surface area contributed by atoms with Crippen LogP contribution in [0.3, 0.4) is 0 Å². The van der Waals surface area contributed by atoms with Gasteiger partial charge in [-0.3, -0.25) is 4.79 Å². The first-order valence-corrected chi connectivity index (χ1v) is 6.80. The van der Waals surface area contributed by atoms with E-state index in [1.807, 2.05) is 4.90 Å². The van der Waals surface area contributed by atoms with Gasteiger partial charge in [0.25, 0.3) is 0 Å². The molecule has 1 spiro atoms. The summed E-state index contributed by atoms with van der Waals surface area (Å²) in [5.41, 5.74) is 0. The van der Waals surface area contributed by atoms with Crippen LogP contribution in [0.1, 0.15) is 32.1 Å². The van der Waals surface area contributed by atoms with Gasteiger partial charge in [-0.15, -0.1) is 0 Å². The zero-order valence-electron chi connectivity index (χ0n) is 9.21. The van der Waals surface area contributed by atoms with Gasteiger partial charge in [0, 0.05) is 23.6 Å². The SMILES string of the molecule is C=CC(=O)N1CCSC2(CCCCC2)C1. The summed E-state index contributed by atoms with van der Waals surface area (Å²) in [7, 11) is 0. The molecular formula is C12H19NOS. The third-order valence-corrected chi connectivity index (χ3v) is 5.04. The summed E-state index contributed by atoms with van der Waals surface area (Å²) in [4.78, 5) is 13.6. The minimum atomic E-state index is 0.111. The zero-order valence-corrected chi connectivity index (χ0v) is 10.0. The minimum Gasteiger partial charge on any atom is -0.337 e. The molecule has 15 heavy (non-hydrogen) atoms. The summed E-state index contributed by atoms with van der Waals surface area (Å²) in [6.45, 7) is 5.42. The van der Waals surface area contributed by atoms with Gasteiger partial charge in [0.1, 0.15) is 0 Å². The van der Waals surface area contributed by atoms with Crippen LogP contribution in [0.2, 0.25) is 0 Å². The van der Waals surface area contributed by atoms with E-state index in [0.717, 1.165) is 18.8 Å². The highest BCUT2D eigenvalue weighted by atomic mass is 32.2. The topological polar surface area (TPSA) is 20.3 Å². The second-order valence-electron chi connectivity index (χ2n) is 4.56. The molecule has 1 aliphatic heterocycles. The molecule has 84 valence electrons. The van der Waals surface area contributed by atoms with Crippen LogP contribution in [-0.2, 0) is 4.79 Å². The maximum absolute atomic E-state index is 11.6. The Bertz CT molecular complexity index is 253. The molecule has 0 N–H and O–H groups in total. The van der Waals surface area contributed by atoms with E-state index in [-0.39, 0.29) is 5.91 Å². The lowest BCUT2D eigenvalue weighted by molar-refractivity contribution is -0.126. The second-order valence-corrected chi connectivity index (χ2v) is 6.12. The Morgan fingerprint density at radius 3 is 2.73 bits per heavy atom. The molecule has 0 unspecified atom stereocenters. The Morgan fingerprint density at radius 1 is 1.33 bits per heavy atom. The van der Waals surface area contributed by atoms with Crippen molar-refractivity contribution in [2.24, 2.45) is 0 Å². The minimum absolute atomic E-state index is 0.111. The van der Waals surface area contributed by atoms with Crippen molar-refractivity contribution < 1.29 is 4.79 Å². The number of hydrogen-bond acceptors (Lipinski definition) is 2. The van der Waals surface area contributed by atoms with Gasteiger partial charge < -0.3 is 4.90 Å². The van der Waals surface area contributed by atoms with Gasteiger partial charge in [-0.1, -0.05) is 25.8 Å². The van der Waals surface area contributed by atoms with E-state index < -0.39 is 0 Å². The standard InChI is InChI=1S/C12H19NOS/c1-2-11(14)13-8-9-15-12(10-13)6-4-3-5-7-12/h2H,1,3-10H2. The van der Waals surface area contributed by atoms with Gasteiger partial charge in [0.05, 0.1) is 0 Å². The first-order chi connectivity index (χ1) is 7.26. The average Bonchev–Trinajstić information content (AvgIpc) is 2.29. The monoisotopic (exact) mass is 225 g/mol. The van der Waals surface area contributed by atoms with Crippen molar-refractivity contribution in [3.63, 3.8) is 0 Å². The number of rotatable bonds is 1. The largest absolute Gasteiger partial charge is 0.337 e. The fraction of sp³-hybridized carbons (Fsp3) is 0.750. The number of nitrogens with zero attached hydrogens (tertiary/aromatic N) is 1. The van der Waals surface area contributed by atoms with Crippen LogP contribution in [0.5, 0.6) is 0 Å². The van der Waals surface area contributed by atoms with Crippen LogP contribution in [0.15, 0.2) is 12.7 Å². The van der Waals surface area contributed by atoms with Crippen LogP contribution < -0.4 is 0 Å². The predicted octanol–water partition coefficient (Wildman–Crippen LogP) is 2.45. The lowest BCUT2D eigenvalue weighted by atomic mass is 9.87. The Hall–Kier alpha value is -0.440. The van der Waals surface area contributed by atoms with Gasteiger partial charge in [0.2, 0.25) is 5.91 Å². The van der Waals surface area contributed by atoms with Gasteiger partial charge in [-0.05, 0) is 18.9 Å². The van der Waals surface area contributed by atoms with E-state index in [2.05, 4.69) is 18.3 Å². The van der Waals surface area contributed by atoms with Crippen molar-refractivity contribution in [3.05, 3.63) is 12.7 Å². The third kappa shape index (κ3) is 2.39. The summed E-state index contributed by atoms with van der Waals surface area (Å²) in [5, 5.41) is 0. The molecule has 2 fully saturated rings. The van der Waals surface area contributed by atoms with Crippen molar-refractivity contribution in [1.82, 2.24) is 4.90 Å². The van der Waals surface area contributed by atoms with Crippen LogP contribution in [0.4, 0.5) is 0 Å². The maximum Gasteiger partial charge on any atom is 0.246 e. The molecule has 0 aromatic heterocycles. The lowest BCUT2D eigenvalue weighted by Crippen LogP contribution is -2.49. The number of amides is 1. The van der Waals surface area contributed by atoms with Gasteiger partial charge in [-0.25, -0.2) is 0 Å². The highest BCUT2D eigenvalue weighted by molar-refractivity contribution is 8.00. The third-order valence-electron chi connectivity index (χ3n) is 3.50. The first-order valence-electron chi connectivity index (χ1n) is 5.81. The molecule has 0 aromatic rings. The van der Waals surface area contributed by atoms with Crippen molar-refractivity contribution >= 4 is 17.7 Å². The normalized spacial score (nSPS) is 25.2. The van der Waals surface area contributed by atoms with Crippen LogP contribution in [-0.4, -0.2) is 34.4 Å². The summed E-state index contributed by atoms with van der Waals surface area (Å²) in [6, 6.07) is 0. The number of carbonyl (C=O) groups is 1. The second kappa shape index (κ2) is 4.60. The summed E-state index contributed by atoms with van der Waals surface area (Å²) in [5.74, 6) is 1.21. The maximum atomic E-state index is 11.6. The van der Waals surface area contributed by atoms with Gasteiger partial charge in [-0.2, -0.15) is 11.8 Å².